The number of amides is 1. The Bertz CT molecular complexity index is 850. The molecule has 0 radical (unpaired) electrons. The van der Waals surface area contributed by atoms with Gasteiger partial charge in [-0.3, -0.25) is 9.36 Å². The van der Waals surface area contributed by atoms with Crippen LogP contribution >= 0.6 is 11.8 Å². The summed E-state index contributed by atoms with van der Waals surface area (Å²) in [4.78, 5) is 14.5. The zero-order chi connectivity index (χ0) is 18.6. The fourth-order valence-corrected chi connectivity index (χ4v) is 3.75. The monoisotopic (exact) mass is 384 g/mol. The Morgan fingerprint density at radius 1 is 1.26 bits per heavy atom. The summed E-state index contributed by atoms with van der Waals surface area (Å²) in [6.07, 6.45) is 2.25. The number of nitrogens with one attached hydrogen (secondary N) is 1. The predicted octanol–water partition coefficient (Wildman–Crippen LogP) is 2.05. The van der Waals surface area contributed by atoms with Crippen molar-refractivity contribution in [3.63, 3.8) is 0 Å². The van der Waals surface area contributed by atoms with Gasteiger partial charge < -0.3 is 15.0 Å². The van der Waals surface area contributed by atoms with Gasteiger partial charge in [0.1, 0.15) is 0 Å². The summed E-state index contributed by atoms with van der Waals surface area (Å²) in [5, 5.41) is 21.2. The average molecular weight is 384 g/mol. The molecule has 1 aromatic heterocycles. The lowest BCUT2D eigenvalue weighted by atomic mass is 10.2. The van der Waals surface area contributed by atoms with Gasteiger partial charge in [-0.25, -0.2) is 0 Å². The van der Waals surface area contributed by atoms with Crippen LogP contribution in [0.4, 0.5) is 11.6 Å². The number of nitriles is 1. The Hall–Kier alpha value is -2.57. The standard InChI is InChI=1S/C18H20N6O2S/c19-11-13-1-3-14(4-2-13)20-16(25)12-27-18-22-21-17(24(18)15-5-6-15)23-7-9-26-10-8-23/h1-4,15H,5-10,12H2,(H,20,25). The van der Waals surface area contributed by atoms with Gasteiger partial charge in [-0.2, -0.15) is 5.26 Å². The second-order valence-corrected chi connectivity index (χ2v) is 7.45. The van der Waals surface area contributed by atoms with Crippen molar-refractivity contribution < 1.29 is 9.53 Å². The number of nitrogens with zero attached hydrogens (tertiary/aromatic N) is 5. The number of thioether (sulfide) groups is 1. The van der Waals surface area contributed by atoms with Crippen LogP contribution < -0.4 is 10.2 Å². The van der Waals surface area contributed by atoms with E-state index in [0.717, 1.165) is 37.0 Å². The van der Waals surface area contributed by atoms with E-state index in [1.807, 2.05) is 0 Å². The van der Waals surface area contributed by atoms with Crippen LogP contribution in [0.1, 0.15) is 24.4 Å². The first-order chi connectivity index (χ1) is 13.2. The Kier molecular flexibility index (Phi) is 5.27. The molecule has 1 aliphatic heterocycles. The number of morpholine rings is 1. The van der Waals surface area contributed by atoms with Crippen LogP contribution in [0, 0.1) is 11.3 Å². The molecule has 2 aromatic rings. The fourth-order valence-electron chi connectivity index (χ4n) is 2.95. The first-order valence-corrected chi connectivity index (χ1v) is 9.93. The maximum Gasteiger partial charge on any atom is 0.234 e. The Balaban J connectivity index is 1.39. The minimum absolute atomic E-state index is 0.108. The number of ether oxygens (including phenoxy) is 1. The zero-order valence-electron chi connectivity index (χ0n) is 14.8. The molecule has 1 aliphatic carbocycles. The normalized spacial score (nSPS) is 16.8. The molecule has 1 amide bonds. The highest BCUT2D eigenvalue weighted by molar-refractivity contribution is 7.99. The van der Waals surface area contributed by atoms with Gasteiger partial charge in [0.25, 0.3) is 0 Å². The molecule has 1 N–H and O–H groups in total. The lowest BCUT2D eigenvalue weighted by Gasteiger charge is -2.27. The van der Waals surface area contributed by atoms with Crippen LogP contribution in [0.3, 0.4) is 0 Å². The van der Waals surface area contributed by atoms with Crippen molar-refractivity contribution in [1.82, 2.24) is 14.8 Å². The number of benzene rings is 1. The molecule has 4 rings (SSSR count). The second kappa shape index (κ2) is 7.98. The molecular weight excluding hydrogens is 364 g/mol. The Morgan fingerprint density at radius 2 is 2.00 bits per heavy atom. The number of hydrogen-bond donors (Lipinski definition) is 1. The van der Waals surface area contributed by atoms with Crippen molar-refractivity contribution in [2.24, 2.45) is 0 Å². The van der Waals surface area contributed by atoms with Crippen LogP contribution in [-0.4, -0.2) is 52.7 Å². The van der Waals surface area contributed by atoms with Crippen LogP contribution in [0.15, 0.2) is 29.4 Å². The molecule has 0 atom stereocenters. The molecule has 2 fully saturated rings. The van der Waals surface area contributed by atoms with Crippen LogP contribution in [0.5, 0.6) is 0 Å². The summed E-state index contributed by atoms with van der Waals surface area (Å²) in [5.74, 6) is 1.03. The quantitative estimate of drug-likeness (QED) is 0.762. The molecule has 1 aromatic carbocycles. The first kappa shape index (κ1) is 17.8. The molecule has 1 saturated heterocycles. The van der Waals surface area contributed by atoms with Gasteiger partial charge in [-0.05, 0) is 37.1 Å². The van der Waals surface area contributed by atoms with Gasteiger partial charge in [-0.15, -0.1) is 10.2 Å². The fraction of sp³-hybridized carbons (Fsp3) is 0.444. The highest BCUT2D eigenvalue weighted by Gasteiger charge is 2.32. The van der Waals surface area contributed by atoms with E-state index in [9.17, 15) is 4.79 Å². The highest BCUT2D eigenvalue weighted by atomic mass is 32.2. The van der Waals surface area contributed by atoms with E-state index >= 15 is 0 Å². The molecule has 2 aliphatic rings. The molecule has 9 heteroatoms. The van der Waals surface area contributed by atoms with Crippen LogP contribution in [0.2, 0.25) is 0 Å². The van der Waals surface area contributed by atoms with E-state index in [1.165, 1.54) is 11.8 Å². The summed E-state index contributed by atoms with van der Waals surface area (Å²) in [6.45, 7) is 3.03. The van der Waals surface area contributed by atoms with Crippen LogP contribution in [0.25, 0.3) is 0 Å². The highest BCUT2D eigenvalue weighted by Crippen LogP contribution is 2.41. The maximum absolute atomic E-state index is 12.3. The van der Waals surface area contributed by atoms with Gasteiger partial charge in [0.2, 0.25) is 11.9 Å². The lowest BCUT2D eigenvalue weighted by molar-refractivity contribution is -0.113. The lowest BCUT2D eigenvalue weighted by Crippen LogP contribution is -2.38. The molecule has 0 bridgehead atoms. The number of rotatable bonds is 6. The van der Waals surface area contributed by atoms with E-state index in [0.29, 0.717) is 30.5 Å². The molecule has 140 valence electrons. The van der Waals surface area contributed by atoms with Gasteiger partial charge in [-0.1, -0.05) is 11.8 Å². The average Bonchev–Trinajstić information content (AvgIpc) is 3.46. The van der Waals surface area contributed by atoms with Crippen molar-refractivity contribution in [2.75, 3.05) is 42.3 Å². The third-order valence-electron chi connectivity index (χ3n) is 4.48. The SMILES string of the molecule is N#Cc1ccc(NC(=O)CSc2nnc(N3CCOCC3)n2C2CC2)cc1. The van der Waals surface area contributed by atoms with E-state index in [-0.39, 0.29) is 11.7 Å². The van der Waals surface area contributed by atoms with E-state index in [4.69, 9.17) is 10.00 Å². The Labute approximate surface area is 161 Å². The molecule has 0 spiro atoms. The Morgan fingerprint density at radius 3 is 2.67 bits per heavy atom. The number of carbonyl (C=O) groups excluding carboxylic acids is 1. The van der Waals surface area contributed by atoms with Gasteiger partial charge >= 0.3 is 0 Å². The summed E-state index contributed by atoms with van der Waals surface area (Å²) < 4.78 is 7.59. The molecule has 27 heavy (non-hydrogen) atoms. The largest absolute Gasteiger partial charge is 0.378 e. The second-order valence-electron chi connectivity index (χ2n) is 6.51. The first-order valence-electron chi connectivity index (χ1n) is 8.95. The summed E-state index contributed by atoms with van der Waals surface area (Å²) >= 11 is 1.40. The number of carbonyl (C=O) groups is 1. The molecule has 8 nitrogen and oxygen atoms in total. The maximum atomic E-state index is 12.3. The van der Waals surface area contributed by atoms with Gasteiger partial charge in [0, 0.05) is 24.8 Å². The smallest absolute Gasteiger partial charge is 0.234 e. The van der Waals surface area contributed by atoms with Gasteiger partial charge in [0.05, 0.1) is 30.6 Å². The van der Waals surface area contributed by atoms with E-state index in [2.05, 4.69) is 31.1 Å². The predicted molar refractivity (Wildman–Crippen MR) is 102 cm³/mol. The molecule has 0 unspecified atom stereocenters. The minimum Gasteiger partial charge on any atom is -0.378 e. The van der Waals surface area contributed by atoms with Crippen molar-refractivity contribution in [3.05, 3.63) is 29.8 Å². The van der Waals surface area contributed by atoms with Crippen LogP contribution in [-0.2, 0) is 9.53 Å². The van der Waals surface area contributed by atoms with E-state index in [1.54, 1.807) is 24.3 Å². The topological polar surface area (TPSA) is 96.1 Å². The number of anilines is 2. The summed E-state index contributed by atoms with van der Waals surface area (Å²) in [5.41, 5.74) is 1.24. The van der Waals surface area contributed by atoms with Crippen molar-refractivity contribution in [1.29, 1.82) is 5.26 Å². The van der Waals surface area contributed by atoms with E-state index < -0.39 is 0 Å². The molecule has 1 saturated carbocycles. The molecule has 2 heterocycles. The van der Waals surface area contributed by atoms with Crippen molar-refractivity contribution in [2.45, 2.75) is 24.0 Å². The number of hydrogen-bond acceptors (Lipinski definition) is 7. The van der Waals surface area contributed by atoms with Crippen molar-refractivity contribution >= 4 is 29.3 Å². The minimum atomic E-state index is -0.108. The summed E-state index contributed by atoms with van der Waals surface area (Å²) in [6, 6.07) is 9.31. The van der Waals surface area contributed by atoms with Gasteiger partial charge in [0.15, 0.2) is 5.16 Å². The summed E-state index contributed by atoms with van der Waals surface area (Å²) in [7, 11) is 0. The third kappa shape index (κ3) is 4.23. The van der Waals surface area contributed by atoms with Crippen molar-refractivity contribution in [3.8, 4) is 6.07 Å². The molecular formula is C18H20N6O2S. The zero-order valence-corrected chi connectivity index (χ0v) is 15.6. The number of aromatic nitrogens is 3. The third-order valence-corrected chi connectivity index (χ3v) is 5.43.